The van der Waals surface area contributed by atoms with Crippen LogP contribution in [0.4, 0.5) is 11.7 Å². The number of nitro benzene ring substituents is 1. The number of nitrogens with two attached hydrogens (primary N) is 1. The normalized spacial score (nSPS) is 22.9. The molecule has 0 saturated heterocycles. The van der Waals surface area contributed by atoms with Gasteiger partial charge in [-0.1, -0.05) is 6.07 Å². The molecule has 1 aromatic heterocycles. The molecule has 0 amide bonds. The summed E-state index contributed by atoms with van der Waals surface area (Å²) in [5, 5.41) is 14.1. The first-order chi connectivity index (χ1) is 9.63. The average Bonchev–Trinajstić information content (AvgIpc) is 2.83. The predicted octanol–water partition coefficient (Wildman–Crippen LogP) is 2.42. The summed E-state index contributed by atoms with van der Waals surface area (Å²) in [4.78, 5) is 14.7. The number of benzene rings is 1. The van der Waals surface area contributed by atoms with E-state index in [0.29, 0.717) is 11.6 Å². The molecule has 0 bridgehead atoms. The van der Waals surface area contributed by atoms with Gasteiger partial charge in [0.05, 0.1) is 4.92 Å². The molecule has 0 aliphatic heterocycles. The van der Waals surface area contributed by atoms with Crippen LogP contribution in [-0.2, 0) is 0 Å². The molecule has 1 heterocycles. The molecule has 1 aromatic carbocycles. The Morgan fingerprint density at radius 1 is 1.35 bits per heavy atom. The maximum absolute atomic E-state index is 10.9. The van der Waals surface area contributed by atoms with Gasteiger partial charge in [-0.25, -0.2) is 0 Å². The van der Waals surface area contributed by atoms with E-state index in [0.717, 1.165) is 25.7 Å². The number of oxazole rings is 1. The summed E-state index contributed by atoms with van der Waals surface area (Å²) < 4.78 is 5.53. The van der Waals surface area contributed by atoms with Gasteiger partial charge in [-0.05, 0) is 31.7 Å². The van der Waals surface area contributed by atoms with Crippen LogP contribution in [0.1, 0.15) is 25.7 Å². The van der Waals surface area contributed by atoms with Crippen molar-refractivity contribution in [2.75, 3.05) is 5.32 Å². The molecule has 3 N–H and O–H groups in total. The second kappa shape index (κ2) is 5.09. The van der Waals surface area contributed by atoms with E-state index in [9.17, 15) is 10.1 Å². The smallest absolute Gasteiger partial charge is 0.298 e. The Morgan fingerprint density at radius 2 is 2.10 bits per heavy atom. The third kappa shape index (κ3) is 2.44. The van der Waals surface area contributed by atoms with Gasteiger partial charge in [-0.3, -0.25) is 10.1 Å². The summed E-state index contributed by atoms with van der Waals surface area (Å²) in [6.07, 6.45) is 3.86. The lowest BCUT2D eigenvalue weighted by Gasteiger charge is -2.25. The molecule has 1 aliphatic carbocycles. The molecule has 2 aromatic rings. The zero-order chi connectivity index (χ0) is 14.1. The number of hydrogen-bond acceptors (Lipinski definition) is 6. The van der Waals surface area contributed by atoms with Crippen molar-refractivity contribution in [1.29, 1.82) is 0 Å². The van der Waals surface area contributed by atoms with Crippen LogP contribution in [0.3, 0.4) is 0 Å². The van der Waals surface area contributed by atoms with Crippen LogP contribution in [-0.4, -0.2) is 22.0 Å². The predicted molar refractivity (Wildman–Crippen MR) is 74.5 cm³/mol. The van der Waals surface area contributed by atoms with E-state index in [1.165, 1.54) is 6.07 Å². The SMILES string of the molecule is NC1CCC(Nc2nc3c([N+](=O)[O-])cccc3o2)CC1. The molecule has 7 nitrogen and oxygen atoms in total. The Bertz CT molecular complexity index is 632. The second-order valence-corrected chi connectivity index (χ2v) is 5.16. The van der Waals surface area contributed by atoms with Crippen LogP contribution in [0.15, 0.2) is 22.6 Å². The van der Waals surface area contributed by atoms with Crippen LogP contribution >= 0.6 is 0 Å². The van der Waals surface area contributed by atoms with Gasteiger partial charge in [-0.15, -0.1) is 0 Å². The Morgan fingerprint density at radius 3 is 2.80 bits per heavy atom. The molecule has 0 radical (unpaired) electrons. The van der Waals surface area contributed by atoms with E-state index in [2.05, 4.69) is 10.3 Å². The number of aromatic nitrogens is 1. The van der Waals surface area contributed by atoms with Crippen LogP contribution < -0.4 is 11.1 Å². The van der Waals surface area contributed by atoms with Crippen LogP contribution in [0.2, 0.25) is 0 Å². The van der Waals surface area contributed by atoms with Gasteiger partial charge in [0.25, 0.3) is 11.7 Å². The fourth-order valence-corrected chi connectivity index (χ4v) is 2.58. The Labute approximate surface area is 115 Å². The summed E-state index contributed by atoms with van der Waals surface area (Å²) in [5.41, 5.74) is 6.54. The third-order valence-electron chi connectivity index (χ3n) is 3.69. The van der Waals surface area contributed by atoms with E-state index in [1.807, 2.05) is 0 Å². The highest BCUT2D eigenvalue weighted by atomic mass is 16.6. The average molecular weight is 276 g/mol. The number of non-ortho nitro benzene ring substituents is 1. The summed E-state index contributed by atoms with van der Waals surface area (Å²) in [6.45, 7) is 0. The lowest BCUT2D eigenvalue weighted by Crippen LogP contribution is -2.32. The molecule has 3 rings (SSSR count). The molecular weight excluding hydrogens is 260 g/mol. The Balaban J connectivity index is 1.82. The minimum absolute atomic E-state index is 0.0371. The van der Waals surface area contributed by atoms with E-state index >= 15 is 0 Å². The zero-order valence-corrected chi connectivity index (χ0v) is 10.9. The maximum Gasteiger partial charge on any atom is 0.298 e. The van der Waals surface area contributed by atoms with Crippen LogP contribution in [0.5, 0.6) is 0 Å². The van der Waals surface area contributed by atoms with Crippen LogP contribution in [0.25, 0.3) is 11.1 Å². The lowest BCUT2D eigenvalue weighted by molar-refractivity contribution is -0.383. The van der Waals surface area contributed by atoms with Crippen molar-refractivity contribution in [2.45, 2.75) is 37.8 Å². The summed E-state index contributed by atoms with van der Waals surface area (Å²) in [7, 11) is 0. The first kappa shape index (κ1) is 12.9. The van der Waals surface area contributed by atoms with Gasteiger partial charge in [0.1, 0.15) is 0 Å². The highest BCUT2D eigenvalue weighted by molar-refractivity contribution is 5.84. The number of para-hydroxylation sites is 1. The third-order valence-corrected chi connectivity index (χ3v) is 3.69. The molecule has 20 heavy (non-hydrogen) atoms. The Hall–Kier alpha value is -2.15. The van der Waals surface area contributed by atoms with Crippen molar-refractivity contribution in [1.82, 2.24) is 4.98 Å². The standard InChI is InChI=1S/C13H16N4O3/c14-8-4-6-9(7-5-8)15-13-16-12-10(17(18)19)2-1-3-11(12)20-13/h1-3,8-9H,4-7,14H2,(H,15,16). The van der Waals surface area contributed by atoms with Gasteiger partial charge in [0, 0.05) is 18.2 Å². The van der Waals surface area contributed by atoms with E-state index in [1.54, 1.807) is 12.1 Å². The highest BCUT2D eigenvalue weighted by Gasteiger charge is 2.22. The molecular formula is C13H16N4O3. The van der Waals surface area contributed by atoms with E-state index in [4.69, 9.17) is 10.2 Å². The number of anilines is 1. The van der Waals surface area contributed by atoms with Gasteiger partial charge in [0.2, 0.25) is 0 Å². The molecule has 1 saturated carbocycles. The fraction of sp³-hybridized carbons (Fsp3) is 0.462. The summed E-state index contributed by atoms with van der Waals surface area (Å²) in [6, 6.07) is 5.58. The molecule has 7 heteroatoms. The monoisotopic (exact) mass is 276 g/mol. The maximum atomic E-state index is 10.9. The second-order valence-electron chi connectivity index (χ2n) is 5.16. The lowest BCUT2D eigenvalue weighted by atomic mass is 9.92. The number of nitro groups is 1. The first-order valence-corrected chi connectivity index (χ1v) is 6.69. The molecule has 0 unspecified atom stereocenters. The van der Waals surface area contributed by atoms with Gasteiger partial charge >= 0.3 is 0 Å². The van der Waals surface area contributed by atoms with E-state index in [-0.39, 0.29) is 23.3 Å². The van der Waals surface area contributed by atoms with Crippen molar-refractivity contribution in [2.24, 2.45) is 5.73 Å². The number of nitrogens with zero attached hydrogens (tertiary/aromatic N) is 2. The van der Waals surface area contributed by atoms with Crippen molar-refractivity contribution >= 4 is 22.8 Å². The number of hydrogen-bond donors (Lipinski definition) is 2. The van der Waals surface area contributed by atoms with E-state index < -0.39 is 4.92 Å². The number of fused-ring (bicyclic) bond motifs is 1. The fourth-order valence-electron chi connectivity index (χ4n) is 2.58. The van der Waals surface area contributed by atoms with Crippen molar-refractivity contribution in [3.8, 4) is 0 Å². The van der Waals surface area contributed by atoms with Gasteiger partial charge in [-0.2, -0.15) is 4.98 Å². The summed E-state index contributed by atoms with van der Waals surface area (Å²) in [5.74, 6) is 0. The molecule has 0 spiro atoms. The molecule has 1 aliphatic rings. The van der Waals surface area contributed by atoms with Crippen molar-refractivity contribution < 1.29 is 9.34 Å². The highest BCUT2D eigenvalue weighted by Crippen LogP contribution is 2.28. The molecule has 106 valence electrons. The molecule has 0 atom stereocenters. The minimum atomic E-state index is -0.450. The van der Waals surface area contributed by atoms with Crippen LogP contribution in [0, 0.1) is 10.1 Å². The minimum Gasteiger partial charge on any atom is -0.423 e. The van der Waals surface area contributed by atoms with Gasteiger partial charge in [0.15, 0.2) is 11.1 Å². The van der Waals surface area contributed by atoms with Crippen molar-refractivity contribution in [3.05, 3.63) is 28.3 Å². The largest absolute Gasteiger partial charge is 0.423 e. The summed E-state index contributed by atoms with van der Waals surface area (Å²) >= 11 is 0. The van der Waals surface area contributed by atoms with Gasteiger partial charge < -0.3 is 15.5 Å². The van der Waals surface area contributed by atoms with Crippen molar-refractivity contribution in [3.63, 3.8) is 0 Å². The quantitative estimate of drug-likeness (QED) is 0.658. The Kier molecular flexibility index (Phi) is 3.27. The topological polar surface area (TPSA) is 107 Å². The zero-order valence-electron chi connectivity index (χ0n) is 10.9. The first-order valence-electron chi connectivity index (χ1n) is 6.69. The number of nitrogens with one attached hydrogen (secondary N) is 1. The molecule has 1 fully saturated rings. The number of rotatable bonds is 3.